The van der Waals surface area contributed by atoms with Crippen LogP contribution in [0, 0.1) is 5.82 Å². The number of carbonyl (C=O) groups excluding carboxylic acids is 3. The van der Waals surface area contributed by atoms with Crippen LogP contribution in [0.5, 0.6) is 0 Å². The number of urea groups is 1. The van der Waals surface area contributed by atoms with Gasteiger partial charge in [0.25, 0.3) is 5.56 Å². The summed E-state index contributed by atoms with van der Waals surface area (Å²) < 4.78 is 12.9. The molecule has 26 heavy (non-hydrogen) atoms. The zero-order chi connectivity index (χ0) is 18.8. The maximum atomic E-state index is 12.9. The Kier molecular flexibility index (Phi) is 4.35. The van der Waals surface area contributed by atoms with Crippen molar-refractivity contribution in [1.29, 1.82) is 0 Å². The van der Waals surface area contributed by atoms with E-state index in [0.29, 0.717) is 5.69 Å². The van der Waals surface area contributed by atoms with Gasteiger partial charge in [-0.15, -0.1) is 0 Å². The first-order chi connectivity index (χ1) is 12.3. The second-order valence-electron chi connectivity index (χ2n) is 5.47. The molecule has 1 aromatic carbocycles. The Morgan fingerprint density at radius 1 is 1.23 bits per heavy atom. The minimum absolute atomic E-state index is 0.0170. The number of hydrogen-bond acceptors (Lipinski definition) is 6. The largest absolute Gasteiger partial charge is 0.351 e. The van der Waals surface area contributed by atoms with Crippen molar-refractivity contribution in [2.24, 2.45) is 5.73 Å². The molecule has 0 unspecified atom stereocenters. The van der Waals surface area contributed by atoms with Crippen molar-refractivity contribution in [3.8, 4) is 0 Å². The van der Waals surface area contributed by atoms with E-state index >= 15 is 0 Å². The second kappa shape index (κ2) is 6.63. The van der Waals surface area contributed by atoms with Gasteiger partial charge in [-0.3, -0.25) is 24.7 Å². The van der Waals surface area contributed by atoms with Gasteiger partial charge in [0.1, 0.15) is 11.6 Å². The predicted molar refractivity (Wildman–Crippen MR) is 88.3 cm³/mol. The SMILES string of the molecule is NC(=O)NC(=O)[C@@H]1CC(=O)Nc2nc(Nc3ccc(F)cc3)[nH]c(=O)c21. The maximum Gasteiger partial charge on any atom is 0.318 e. The first-order valence-corrected chi connectivity index (χ1v) is 7.40. The van der Waals surface area contributed by atoms with Crippen molar-refractivity contribution in [2.75, 3.05) is 10.6 Å². The molecule has 3 rings (SSSR count). The molecular weight excluding hydrogens is 347 g/mol. The Labute approximate surface area is 145 Å². The second-order valence-corrected chi connectivity index (χ2v) is 5.47. The number of primary amides is 1. The molecule has 0 saturated heterocycles. The lowest BCUT2D eigenvalue weighted by Crippen LogP contribution is -2.43. The molecule has 10 nitrogen and oxygen atoms in total. The van der Waals surface area contributed by atoms with Gasteiger partial charge >= 0.3 is 6.03 Å². The number of aromatic amines is 1. The summed E-state index contributed by atoms with van der Waals surface area (Å²) in [6, 6.07) is 4.18. The molecule has 0 spiro atoms. The summed E-state index contributed by atoms with van der Waals surface area (Å²) in [5.74, 6) is -3.19. The molecule has 1 aromatic heterocycles. The van der Waals surface area contributed by atoms with Gasteiger partial charge in [0.2, 0.25) is 17.8 Å². The number of carbonyl (C=O) groups is 3. The Morgan fingerprint density at radius 2 is 1.92 bits per heavy atom. The monoisotopic (exact) mass is 360 g/mol. The summed E-state index contributed by atoms with van der Waals surface area (Å²) in [5, 5.41) is 7.01. The molecule has 6 N–H and O–H groups in total. The Morgan fingerprint density at radius 3 is 2.58 bits per heavy atom. The lowest BCUT2D eigenvalue weighted by molar-refractivity contribution is -0.125. The number of rotatable bonds is 3. The Bertz CT molecular complexity index is 956. The fraction of sp³-hybridized carbons (Fsp3) is 0.133. The third kappa shape index (κ3) is 3.50. The molecule has 134 valence electrons. The van der Waals surface area contributed by atoms with Crippen molar-refractivity contribution >= 4 is 35.3 Å². The number of aromatic nitrogens is 2. The molecule has 11 heteroatoms. The number of nitrogens with one attached hydrogen (secondary N) is 4. The van der Waals surface area contributed by atoms with Gasteiger partial charge in [0.15, 0.2) is 0 Å². The predicted octanol–water partition coefficient (Wildman–Crippen LogP) is 0.273. The number of anilines is 3. The van der Waals surface area contributed by atoms with Gasteiger partial charge in [-0.2, -0.15) is 4.98 Å². The number of amides is 4. The van der Waals surface area contributed by atoms with Crippen molar-refractivity contribution in [3.05, 3.63) is 46.0 Å². The highest BCUT2D eigenvalue weighted by molar-refractivity contribution is 6.04. The number of nitrogens with zero attached hydrogens (tertiary/aromatic N) is 1. The number of benzene rings is 1. The smallest absolute Gasteiger partial charge is 0.318 e. The van der Waals surface area contributed by atoms with Gasteiger partial charge < -0.3 is 16.4 Å². The number of hydrogen-bond donors (Lipinski definition) is 5. The van der Waals surface area contributed by atoms with E-state index in [1.54, 1.807) is 0 Å². The van der Waals surface area contributed by atoms with Crippen LogP contribution < -0.4 is 27.2 Å². The fourth-order valence-electron chi connectivity index (χ4n) is 2.53. The minimum Gasteiger partial charge on any atom is -0.351 e. The summed E-state index contributed by atoms with van der Waals surface area (Å²) in [4.78, 5) is 53.6. The molecule has 4 amide bonds. The molecule has 2 heterocycles. The van der Waals surface area contributed by atoms with Crippen LogP contribution in [0.3, 0.4) is 0 Å². The molecule has 0 saturated carbocycles. The Hall–Kier alpha value is -3.76. The molecule has 1 aliphatic rings. The quantitative estimate of drug-likeness (QED) is 0.528. The molecule has 0 fully saturated rings. The van der Waals surface area contributed by atoms with Crippen LogP contribution in [-0.4, -0.2) is 27.8 Å². The Balaban J connectivity index is 1.96. The molecule has 0 radical (unpaired) electrons. The van der Waals surface area contributed by atoms with E-state index in [0.717, 1.165) is 0 Å². The van der Waals surface area contributed by atoms with Crippen LogP contribution >= 0.6 is 0 Å². The molecule has 0 bridgehead atoms. The summed E-state index contributed by atoms with van der Waals surface area (Å²) in [5.41, 5.74) is 4.58. The highest BCUT2D eigenvalue weighted by Crippen LogP contribution is 2.29. The third-order valence-electron chi connectivity index (χ3n) is 3.62. The highest BCUT2D eigenvalue weighted by atomic mass is 19.1. The summed E-state index contributed by atoms with van der Waals surface area (Å²) in [6.45, 7) is 0. The van der Waals surface area contributed by atoms with E-state index in [2.05, 4.69) is 20.6 Å². The van der Waals surface area contributed by atoms with Crippen LogP contribution in [0.1, 0.15) is 17.9 Å². The van der Waals surface area contributed by atoms with Crippen LogP contribution in [-0.2, 0) is 9.59 Å². The number of fused-ring (bicyclic) bond motifs is 1. The van der Waals surface area contributed by atoms with Gasteiger partial charge in [-0.05, 0) is 24.3 Å². The number of H-pyrrole nitrogens is 1. The average Bonchev–Trinajstić information content (AvgIpc) is 2.55. The van der Waals surface area contributed by atoms with Crippen molar-refractivity contribution in [1.82, 2.24) is 15.3 Å². The summed E-state index contributed by atoms with van der Waals surface area (Å²) >= 11 is 0. The molecule has 1 aliphatic heterocycles. The topological polar surface area (TPSA) is 159 Å². The molecular formula is C15H13FN6O4. The average molecular weight is 360 g/mol. The van der Waals surface area contributed by atoms with Crippen molar-refractivity contribution in [2.45, 2.75) is 12.3 Å². The summed E-state index contributed by atoms with van der Waals surface area (Å²) in [6.07, 6.45) is -0.332. The van der Waals surface area contributed by atoms with Gasteiger partial charge in [0.05, 0.1) is 11.5 Å². The van der Waals surface area contributed by atoms with Crippen LogP contribution in [0.25, 0.3) is 0 Å². The van der Waals surface area contributed by atoms with Crippen LogP contribution in [0.15, 0.2) is 29.1 Å². The molecule has 2 aromatic rings. The summed E-state index contributed by atoms with van der Waals surface area (Å²) in [7, 11) is 0. The minimum atomic E-state index is -1.21. The normalized spacial score (nSPS) is 15.6. The third-order valence-corrected chi connectivity index (χ3v) is 3.62. The number of imide groups is 1. The number of halogens is 1. The first kappa shape index (κ1) is 17.1. The van der Waals surface area contributed by atoms with Crippen molar-refractivity contribution < 1.29 is 18.8 Å². The van der Waals surface area contributed by atoms with Gasteiger partial charge in [0, 0.05) is 12.1 Å². The van der Waals surface area contributed by atoms with E-state index in [1.807, 2.05) is 5.32 Å². The lowest BCUT2D eigenvalue weighted by Gasteiger charge is -2.23. The molecule has 1 atom stereocenters. The van der Waals surface area contributed by atoms with Crippen molar-refractivity contribution in [3.63, 3.8) is 0 Å². The molecule has 0 aliphatic carbocycles. The van der Waals surface area contributed by atoms with E-state index in [9.17, 15) is 23.6 Å². The van der Waals surface area contributed by atoms with E-state index in [-0.39, 0.29) is 23.8 Å². The maximum absolute atomic E-state index is 12.9. The zero-order valence-electron chi connectivity index (χ0n) is 13.1. The standard InChI is InChI=1S/C15H13FN6O4/c16-6-1-3-7(4-2-6)18-15-20-11-10(13(25)22-15)8(5-9(23)19-11)12(24)21-14(17)26/h1-4,8H,5H2,(H3,17,21,24,26)(H3,18,19,20,22,23,25)/t8-/m1/s1. The van der Waals surface area contributed by atoms with Gasteiger partial charge in [-0.1, -0.05) is 0 Å². The van der Waals surface area contributed by atoms with Gasteiger partial charge in [-0.25, -0.2) is 9.18 Å². The highest BCUT2D eigenvalue weighted by Gasteiger charge is 2.35. The first-order valence-electron chi connectivity index (χ1n) is 7.40. The number of nitrogens with two attached hydrogens (primary N) is 1. The zero-order valence-corrected chi connectivity index (χ0v) is 13.1. The van der Waals surface area contributed by atoms with Crippen LogP contribution in [0.2, 0.25) is 0 Å². The lowest BCUT2D eigenvalue weighted by atomic mass is 9.92. The fourth-order valence-corrected chi connectivity index (χ4v) is 2.53. The van der Waals surface area contributed by atoms with E-state index in [1.165, 1.54) is 24.3 Å². The van der Waals surface area contributed by atoms with E-state index in [4.69, 9.17) is 5.73 Å². The van der Waals surface area contributed by atoms with E-state index < -0.39 is 35.1 Å². The van der Waals surface area contributed by atoms with Crippen LogP contribution in [0.4, 0.5) is 26.6 Å².